The van der Waals surface area contributed by atoms with Crippen molar-refractivity contribution in [1.82, 2.24) is 4.90 Å². The van der Waals surface area contributed by atoms with Gasteiger partial charge >= 0.3 is 0 Å². The first kappa shape index (κ1) is 30.9. The first-order valence-corrected chi connectivity index (χ1v) is 16.0. The molecule has 0 N–H and O–H groups in total. The number of ether oxygens (including phenoxy) is 1. The number of hydrogen-bond donors (Lipinski definition) is 0. The van der Waals surface area contributed by atoms with Crippen LogP contribution in [-0.2, 0) is 11.3 Å². The number of unbranched alkanes of at least 4 members (excludes halogenated alkanes) is 9. The van der Waals surface area contributed by atoms with Gasteiger partial charge < -0.3 is 4.74 Å². The van der Waals surface area contributed by atoms with Crippen molar-refractivity contribution >= 4 is 11.6 Å². The van der Waals surface area contributed by atoms with Crippen molar-refractivity contribution in [2.75, 3.05) is 5.88 Å². The number of piperidine rings is 1. The third-order valence-corrected chi connectivity index (χ3v) is 8.61. The molecule has 0 bridgehead atoms. The Balaban J connectivity index is 1.62. The van der Waals surface area contributed by atoms with Gasteiger partial charge in [-0.15, -0.1) is 18.2 Å². The van der Waals surface area contributed by atoms with Gasteiger partial charge in [-0.3, -0.25) is 4.90 Å². The lowest BCUT2D eigenvalue weighted by Gasteiger charge is -2.50. The third-order valence-electron chi connectivity index (χ3n) is 8.31. The van der Waals surface area contributed by atoms with Crippen molar-refractivity contribution in [2.45, 2.75) is 128 Å². The van der Waals surface area contributed by atoms with Crippen LogP contribution in [0.4, 0.5) is 0 Å². The van der Waals surface area contributed by atoms with Crippen LogP contribution in [0.2, 0.25) is 0 Å². The molecule has 3 heteroatoms. The van der Waals surface area contributed by atoms with E-state index in [1.807, 2.05) is 0 Å². The van der Waals surface area contributed by atoms with Gasteiger partial charge in [0.2, 0.25) is 0 Å². The number of nitrogens with zero attached hydrogens (tertiary/aromatic N) is 1. The van der Waals surface area contributed by atoms with Crippen molar-refractivity contribution in [1.29, 1.82) is 0 Å². The topological polar surface area (TPSA) is 12.5 Å². The summed E-state index contributed by atoms with van der Waals surface area (Å²) in [7, 11) is 0. The smallest absolute Gasteiger partial charge is 0.0738 e. The third kappa shape index (κ3) is 10.2. The minimum atomic E-state index is 0.187. The van der Waals surface area contributed by atoms with Gasteiger partial charge in [-0.25, -0.2) is 0 Å². The Morgan fingerprint density at radius 3 is 2.08 bits per heavy atom. The highest BCUT2D eigenvalue weighted by Crippen LogP contribution is 2.38. The van der Waals surface area contributed by atoms with Gasteiger partial charge in [-0.2, -0.15) is 0 Å². The van der Waals surface area contributed by atoms with Crippen LogP contribution in [0.3, 0.4) is 0 Å². The van der Waals surface area contributed by atoms with Gasteiger partial charge in [-0.1, -0.05) is 138 Å². The second kappa shape index (κ2) is 18.6. The Hall–Kier alpha value is -1.61. The van der Waals surface area contributed by atoms with Crippen LogP contribution in [-0.4, -0.2) is 29.0 Å². The Morgan fingerprint density at radius 1 is 0.868 bits per heavy atom. The highest BCUT2D eigenvalue weighted by molar-refractivity contribution is 6.18. The summed E-state index contributed by atoms with van der Waals surface area (Å²) in [4.78, 5) is 2.73. The summed E-state index contributed by atoms with van der Waals surface area (Å²) in [6, 6.07) is 22.4. The molecule has 0 amide bonds. The molecule has 0 unspecified atom stereocenters. The number of benzene rings is 2. The summed E-state index contributed by atoms with van der Waals surface area (Å²) in [6.45, 7) is 7.09. The average Bonchev–Trinajstić information content (AvgIpc) is 2.96. The molecular weight excluding hydrogens is 486 g/mol. The summed E-state index contributed by atoms with van der Waals surface area (Å²) in [5.41, 5.74) is 2.55. The lowest BCUT2D eigenvalue weighted by Crippen LogP contribution is -2.55. The van der Waals surface area contributed by atoms with E-state index in [4.69, 9.17) is 16.3 Å². The Bertz CT molecular complexity index is 857. The molecule has 0 aliphatic carbocycles. The van der Waals surface area contributed by atoms with Crippen LogP contribution in [0.5, 0.6) is 0 Å². The molecule has 1 saturated heterocycles. The molecule has 1 aliphatic rings. The Kier molecular flexibility index (Phi) is 15.2. The minimum absolute atomic E-state index is 0.187. The summed E-state index contributed by atoms with van der Waals surface area (Å²) in [5, 5.41) is 0. The van der Waals surface area contributed by atoms with E-state index in [1.54, 1.807) is 0 Å². The fraction of sp³-hybridized carbons (Fsp3) is 0.600. The molecule has 1 fully saturated rings. The first-order valence-electron chi connectivity index (χ1n) is 15.4. The summed E-state index contributed by atoms with van der Waals surface area (Å²) < 4.78 is 6.62. The molecule has 0 aromatic heterocycles. The largest absolute Gasteiger partial charge is 0.372 e. The van der Waals surface area contributed by atoms with Crippen molar-refractivity contribution in [2.24, 2.45) is 0 Å². The molecule has 1 aliphatic heterocycles. The van der Waals surface area contributed by atoms with Crippen molar-refractivity contribution in [3.8, 4) is 0 Å². The van der Waals surface area contributed by atoms with Crippen molar-refractivity contribution in [3.63, 3.8) is 0 Å². The van der Waals surface area contributed by atoms with Gasteiger partial charge in [0, 0.05) is 24.0 Å². The summed E-state index contributed by atoms with van der Waals surface area (Å²) in [5.74, 6) is 0.595. The van der Waals surface area contributed by atoms with E-state index < -0.39 is 0 Å². The zero-order valence-electron chi connectivity index (χ0n) is 23.9. The van der Waals surface area contributed by atoms with Crippen LogP contribution in [0.1, 0.15) is 114 Å². The molecule has 0 saturated carbocycles. The molecule has 0 spiro atoms. The number of halogens is 1. The fourth-order valence-corrected chi connectivity index (χ4v) is 6.58. The van der Waals surface area contributed by atoms with E-state index in [0.29, 0.717) is 24.6 Å². The standard InChI is InChI=1S/C35H52ClNO/c1-3-5-6-7-8-9-10-11-12-19-25-32-26-27-35(38-29-30-21-15-13-16-22-30)33(20-4-2)37(32)34(28-36)31-23-17-14-18-24-31/h4,13-18,21-24,32-35H,2-3,5-12,19-20,25-29H2,1H3/t32-,33-,34+,35+/m0/s1. The monoisotopic (exact) mass is 537 g/mol. The van der Waals surface area contributed by atoms with Crippen LogP contribution in [0.25, 0.3) is 0 Å². The van der Waals surface area contributed by atoms with Gasteiger partial charge in [0.25, 0.3) is 0 Å². The molecule has 2 aromatic rings. The molecule has 210 valence electrons. The fourth-order valence-electron chi connectivity index (χ4n) is 6.24. The van der Waals surface area contributed by atoms with Crippen LogP contribution >= 0.6 is 11.6 Å². The lowest BCUT2D eigenvalue weighted by atomic mass is 9.85. The molecular formula is C35H52ClNO. The average molecular weight is 538 g/mol. The predicted octanol–water partition coefficient (Wildman–Crippen LogP) is 10.3. The normalized spacial score (nSPS) is 20.8. The highest BCUT2D eigenvalue weighted by Gasteiger charge is 2.40. The number of rotatable bonds is 19. The lowest BCUT2D eigenvalue weighted by molar-refractivity contribution is -0.0853. The van der Waals surface area contributed by atoms with E-state index in [0.717, 1.165) is 12.8 Å². The molecule has 2 nitrogen and oxygen atoms in total. The number of likely N-dealkylation sites (tertiary alicyclic amines) is 1. The van der Waals surface area contributed by atoms with Crippen molar-refractivity contribution < 1.29 is 4.74 Å². The highest BCUT2D eigenvalue weighted by atomic mass is 35.5. The second-order valence-electron chi connectivity index (χ2n) is 11.2. The zero-order chi connectivity index (χ0) is 26.8. The molecule has 0 radical (unpaired) electrons. The van der Waals surface area contributed by atoms with Gasteiger partial charge in [-0.05, 0) is 36.8 Å². The van der Waals surface area contributed by atoms with Crippen LogP contribution in [0.15, 0.2) is 73.3 Å². The Morgan fingerprint density at radius 2 is 1.47 bits per heavy atom. The minimum Gasteiger partial charge on any atom is -0.372 e. The maximum atomic E-state index is 6.74. The van der Waals surface area contributed by atoms with E-state index in [9.17, 15) is 0 Å². The van der Waals surface area contributed by atoms with Gasteiger partial charge in [0.1, 0.15) is 0 Å². The van der Waals surface area contributed by atoms with Crippen LogP contribution < -0.4 is 0 Å². The van der Waals surface area contributed by atoms with E-state index in [1.165, 1.54) is 88.2 Å². The van der Waals surface area contributed by atoms with Crippen LogP contribution in [0, 0.1) is 0 Å². The maximum absolute atomic E-state index is 6.74. The summed E-state index contributed by atoms with van der Waals surface area (Å²) >= 11 is 6.74. The molecule has 3 rings (SSSR count). The predicted molar refractivity (Wildman–Crippen MR) is 165 cm³/mol. The molecule has 2 aromatic carbocycles. The Labute approximate surface area is 238 Å². The number of hydrogen-bond acceptors (Lipinski definition) is 2. The molecule has 38 heavy (non-hydrogen) atoms. The van der Waals surface area contributed by atoms with Gasteiger partial charge in [0.05, 0.1) is 12.7 Å². The first-order chi connectivity index (χ1) is 18.8. The number of alkyl halides is 1. The van der Waals surface area contributed by atoms with E-state index >= 15 is 0 Å². The maximum Gasteiger partial charge on any atom is 0.0738 e. The van der Waals surface area contributed by atoms with E-state index in [-0.39, 0.29) is 12.1 Å². The van der Waals surface area contributed by atoms with E-state index in [2.05, 4.69) is 85.1 Å². The van der Waals surface area contributed by atoms with Crippen molar-refractivity contribution in [3.05, 3.63) is 84.4 Å². The second-order valence-corrected chi connectivity index (χ2v) is 11.5. The quantitative estimate of drug-likeness (QED) is 0.100. The summed E-state index contributed by atoms with van der Waals surface area (Å²) in [6.07, 6.45) is 20.5. The molecule has 1 heterocycles. The van der Waals surface area contributed by atoms with Gasteiger partial charge in [0.15, 0.2) is 0 Å². The molecule has 4 atom stereocenters. The zero-order valence-corrected chi connectivity index (χ0v) is 24.7. The SMILES string of the molecule is C=CC[C@H]1[C@H](OCc2ccccc2)CC[C@H](CCCCCCCCCCCC)N1[C@H](CCl)c1ccccc1.